The highest BCUT2D eigenvalue weighted by molar-refractivity contribution is 5.14. The normalized spacial score (nSPS) is 11.3. The number of hydrogen-bond donors (Lipinski definition) is 0. The minimum absolute atomic E-state index is 1.12. The van der Waals surface area contributed by atoms with Crippen molar-refractivity contribution in [3.63, 3.8) is 0 Å². The van der Waals surface area contributed by atoms with E-state index in [2.05, 4.69) is 37.3 Å². The Kier molecular flexibility index (Phi) is 24.6. The summed E-state index contributed by atoms with van der Waals surface area (Å²) < 4.78 is 0. The SMILES string of the molecule is [CH2]CCCCCCCCCCCCCCCCCCCCCCCCCCCc1ccccc1. The predicted molar refractivity (Wildman–Crippen MR) is 156 cm³/mol. The van der Waals surface area contributed by atoms with E-state index in [1.54, 1.807) is 0 Å². The molecular weight excluding hydrogens is 408 g/mol. The maximum atomic E-state index is 3.92. The van der Waals surface area contributed by atoms with Crippen LogP contribution in [0.3, 0.4) is 0 Å². The fourth-order valence-corrected chi connectivity index (χ4v) is 5.22. The van der Waals surface area contributed by atoms with Crippen LogP contribution in [0.4, 0.5) is 0 Å². The molecule has 1 aromatic rings. The fourth-order valence-electron chi connectivity index (χ4n) is 5.22. The smallest absolute Gasteiger partial charge is 0.0279 e. The molecule has 0 saturated heterocycles. The fraction of sp³-hybridized carbons (Fsp3) is 0.794. The van der Waals surface area contributed by atoms with Gasteiger partial charge in [-0.1, -0.05) is 198 Å². The summed E-state index contributed by atoms with van der Waals surface area (Å²) in [4.78, 5) is 0. The van der Waals surface area contributed by atoms with Crippen molar-refractivity contribution in [3.05, 3.63) is 42.8 Å². The molecular formula is C34H61. The predicted octanol–water partition coefficient (Wildman–Crippen LogP) is 12.2. The summed E-state index contributed by atoms with van der Waals surface area (Å²) in [6.45, 7) is 3.92. The third-order valence-corrected chi connectivity index (χ3v) is 7.56. The van der Waals surface area contributed by atoms with Crippen LogP contribution in [0.2, 0.25) is 0 Å². The van der Waals surface area contributed by atoms with Gasteiger partial charge in [-0.2, -0.15) is 0 Å². The van der Waals surface area contributed by atoms with Crippen molar-refractivity contribution in [3.8, 4) is 0 Å². The summed E-state index contributed by atoms with van der Waals surface area (Å²) in [7, 11) is 0. The highest BCUT2D eigenvalue weighted by atomic mass is 14.0. The topological polar surface area (TPSA) is 0 Å². The van der Waals surface area contributed by atoms with Crippen molar-refractivity contribution in [1.29, 1.82) is 0 Å². The molecule has 0 saturated carbocycles. The molecule has 0 unspecified atom stereocenters. The maximum absolute atomic E-state index is 3.92. The highest BCUT2D eigenvalue weighted by Crippen LogP contribution is 2.16. The average molecular weight is 470 g/mol. The number of rotatable bonds is 27. The summed E-state index contributed by atoms with van der Waals surface area (Å²) in [5.41, 5.74) is 1.51. The molecule has 197 valence electrons. The van der Waals surface area contributed by atoms with Gasteiger partial charge in [-0.25, -0.2) is 0 Å². The van der Waals surface area contributed by atoms with Crippen LogP contribution in [0, 0.1) is 6.92 Å². The molecule has 0 nitrogen and oxygen atoms in total. The molecule has 0 heterocycles. The Morgan fingerprint density at radius 3 is 0.882 bits per heavy atom. The van der Waals surface area contributed by atoms with Gasteiger partial charge in [0.2, 0.25) is 0 Å². The van der Waals surface area contributed by atoms with Crippen molar-refractivity contribution < 1.29 is 0 Å². The second-order valence-electron chi connectivity index (χ2n) is 10.9. The van der Waals surface area contributed by atoms with Crippen molar-refractivity contribution in [2.24, 2.45) is 0 Å². The highest BCUT2D eigenvalue weighted by Gasteiger charge is 1.97. The van der Waals surface area contributed by atoms with Crippen LogP contribution >= 0.6 is 0 Å². The van der Waals surface area contributed by atoms with E-state index in [1.807, 2.05) is 0 Å². The first-order valence-corrected chi connectivity index (χ1v) is 15.8. The van der Waals surface area contributed by atoms with Crippen LogP contribution in [0.15, 0.2) is 30.3 Å². The van der Waals surface area contributed by atoms with Gasteiger partial charge in [0.15, 0.2) is 0 Å². The largest absolute Gasteiger partial charge is 0.0622 e. The first-order chi connectivity index (χ1) is 16.9. The van der Waals surface area contributed by atoms with E-state index in [9.17, 15) is 0 Å². The van der Waals surface area contributed by atoms with Gasteiger partial charge < -0.3 is 0 Å². The van der Waals surface area contributed by atoms with Gasteiger partial charge in [-0.3, -0.25) is 0 Å². The molecule has 0 aliphatic rings. The van der Waals surface area contributed by atoms with E-state index < -0.39 is 0 Å². The van der Waals surface area contributed by atoms with Gasteiger partial charge in [-0.15, -0.1) is 0 Å². The summed E-state index contributed by atoms with van der Waals surface area (Å²) in [6, 6.07) is 11.0. The summed E-state index contributed by atoms with van der Waals surface area (Å²) >= 11 is 0. The second-order valence-corrected chi connectivity index (χ2v) is 10.9. The molecule has 0 aliphatic carbocycles. The number of unbranched alkanes of at least 4 members (excludes halogenated alkanes) is 25. The monoisotopic (exact) mass is 469 g/mol. The maximum Gasteiger partial charge on any atom is -0.0279 e. The summed E-state index contributed by atoms with van der Waals surface area (Å²) in [6.07, 6.45) is 38.8. The molecule has 0 spiro atoms. The number of hydrogen-bond acceptors (Lipinski definition) is 0. The lowest BCUT2D eigenvalue weighted by molar-refractivity contribution is 0.515. The molecule has 0 aromatic heterocycles. The summed E-state index contributed by atoms with van der Waals surface area (Å²) in [5.74, 6) is 0. The molecule has 0 fully saturated rings. The van der Waals surface area contributed by atoms with Gasteiger partial charge in [0.1, 0.15) is 0 Å². The van der Waals surface area contributed by atoms with Crippen molar-refractivity contribution >= 4 is 0 Å². The molecule has 1 radical (unpaired) electrons. The van der Waals surface area contributed by atoms with Crippen LogP contribution in [-0.2, 0) is 6.42 Å². The molecule has 0 heteroatoms. The molecule has 0 N–H and O–H groups in total. The van der Waals surface area contributed by atoms with Gasteiger partial charge in [0, 0.05) is 0 Å². The number of benzene rings is 1. The lowest BCUT2D eigenvalue weighted by atomic mass is 10.0. The lowest BCUT2D eigenvalue weighted by Gasteiger charge is -2.04. The molecule has 0 amide bonds. The zero-order valence-corrected chi connectivity index (χ0v) is 23.2. The van der Waals surface area contributed by atoms with Crippen LogP contribution in [-0.4, -0.2) is 0 Å². The van der Waals surface area contributed by atoms with E-state index in [0.29, 0.717) is 0 Å². The lowest BCUT2D eigenvalue weighted by Crippen LogP contribution is -1.86. The quantitative estimate of drug-likeness (QED) is 0.112. The van der Waals surface area contributed by atoms with Crippen molar-refractivity contribution in [1.82, 2.24) is 0 Å². The van der Waals surface area contributed by atoms with Crippen LogP contribution in [0.25, 0.3) is 0 Å². The Hall–Kier alpha value is -0.780. The van der Waals surface area contributed by atoms with Gasteiger partial charge in [0.25, 0.3) is 0 Å². The molecule has 0 bridgehead atoms. The van der Waals surface area contributed by atoms with E-state index >= 15 is 0 Å². The Labute approximate surface area is 216 Å². The van der Waals surface area contributed by atoms with Crippen LogP contribution in [0.5, 0.6) is 0 Å². The Morgan fingerprint density at radius 2 is 0.588 bits per heavy atom. The zero-order valence-electron chi connectivity index (χ0n) is 23.2. The van der Waals surface area contributed by atoms with E-state index in [-0.39, 0.29) is 0 Å². The number of aryl methyl sites for hydroxylation is 1. The standard InChI is InChI=1S/C34H61/c1-2-3-4-5-6-7-8-9-10-11-12-13-14-15-16-17-18-19-20-21-22-23-24-25-26-28-31-34-32-29-27-30-33-34/h27,29-30,32-33H,1-26,28,31H2. The molecule has 1 aromatic carbocycles. The Bertz CT molecular complexity index is 476. The summed E-state index contributed by atoms with van der Waals surface area (Å²) in [5, 5.41) is 0. The second kappa shape index (κ2) is 26.8. The van der Waals surface area contributed by atoms with E-state index in [4.69, 9.17) is 0 Å². The first-order valence-electron chi connectivity index (χ1n) is 15.8. The Balaban J connectivity index is 1.64. The van der Waals surface area contributed by atoms with Gasteiger partial charge in [0.05, 0.1) is 0 Å². The third-order valence-electron chi connectivity index (χ3n) is 7.56. The third kappa shape index (κ3) is 23.0. The minimum atomic E-state index is 1.12. The Morgan fingerprint density at radius 1 is 0.324 bits per heavy atom. The zero-order chi connectivity index (χ0) is 24.2. The van der Waals surface area contributed by atoms with Gasteiger partial charge >= 0.3 is 0 Å². The van der Waals surface area contributed by atoms with Crippen molar-refractivity contribution in [2.45, 2.75) is 173 Å². The molecule has 0 atom stereocenters. The molecule has 1 rings (SSSR count). The first kappa shape index (κ1) is 31.3. The van der Waals surface area contributed by atoms with Crippen molar-refractivity contribution in [2.75, 3.05) is 0 Å². The average Bonchev–Trinajstić information content (AvgIpc) is 2.87. The molecule has 0 aliphatic heterocycles. The van der Waals surface area contributed by atoms with E-state index in [1.165, 1.54) is 173 Å². The van der Waals surface area contributed by atoms with Crippen LogP contribution < -0.4 is 0 Å². The minimum Gasteiger partial charge on any atom is -0.0622 e. The van der Waals surface area contributed by atoms with Gasteiger partial charge in [-0.05, 0) is 18.4 Å². The van der Waals surface area contributed by atoms with E-state index in [0.717, 1.165) is 6.42 Å². The van der Waals surface area contributed by atoms with Crippen LogP contribution in [0.1, 0.15) is 173 Å². The molecule has 34 heavy (non-hydrogen) atoms.